The molecule has 122 valence electrons. The van der Waals surface area contributed by atoms with Crippen LogP contribution in [-0.4, -0.2) is 27.9 Å². The molecule has 1 atom stereocenters. The van der Waals surface area contributed by atoms with Crippen LogP contribution >= 0.6 is 0 Å². The summed E-state index contributed by atoms with van der Waals surface area (Å²) in [7, 11) is 5.04. The summed E-state index contributed by atoms with van der Waals surface area (Å²) < 4.78 is 16.1. The molecule has 1 N–H and O–H groups in total. The van der Waals surface area contributed by atoms with Gasteiger partial charge in [-0.25, -0.2) is 0 Å². The quantitative estimate of drug-likeness (QED) is 0.920. The minimum absolute atomic E-state index is 0.308. The third-order valence-electron chi connectivity index (χ3n) is 4.40. The van der Waals surface area contributed by atoms with Crippen LogP contribution in [0.3, 0.4) is 0 Å². The van der Waals surface area contributed by atoms with E-state index in [9.17, 15) is 0 Å². The largest absolute Gasteiger partial charge is 0.497 e. The fraction of sp³-hybridized carbons (Fsp3) is 0.368. The van der Waals surface area contributed by atoms with E-state index < -0.39 is 0 Å². The second-order valence-electron chi connectivity index (χ2n) is 5.71. The van der Waals surface area contributed by atoms with E-state index in [4.69, 9.17) is 14.2 Å². The monoisotopic (exact) mass is 313 g/mol. The van der Waals surface area contributed by atoms with Crippen molar-refractivity contribution in [3.8, 4) is 17.2 Å². The summed E-state index contributed by atoms with van der Waals surface area (Å²) in [5, 5.41) is 3.61. The van der Waals surface area contributed by atoms with E-state index >= 15 is 0 Å². The lowest BCUT2D eigenvalue weighted by Gasteiger charge is -2.27. The van der Waals surface area contributed by atoms with Gasteiger partial charge in [0.1, 0.15) is 5.75 Å². The van der Waals surface area contributed by atoms with Gasteiger partial charge < -0.3 is 19.5 Å². The van der Waals surface area contributed by atoms with Crippen LogP contribution in [0.15, 0.2) is 36.4 Å². The molecule has 1 aliphatic heterocycles. The Labute approximate surface area is 137 Å². The van der Waals surface area contributed by atoms with Crippen LogP contribution in [0.25, 0.3) is 0 Å². The Morgan fingerprint density at radius 3 is 2.52 bits per heavy atom. The van der Waals surface area contributed by atoms with E-state index in [1.54, 1.807) is 21.3 Å². The molecule has 0 aromatic heterocycles. The molecule has 0 aliphatic carbocycles. The Morgan fingerprint density at radius 2 is 1.78 bits per heavy atom. The van der Waals surface area contributed by atoms with Gasteiger partial charge in [0.25, 0.3) is 0 Å². The highest BCUT2D eigenvalue weighted by Gasteiger charge is 2.21. The number of hydrogen-bond donors (Lipinski definition) is 1. The number of nitrogens with one attached hydrogen (secondary N) is 1. The van der Waals surface area contributed by atoms with Crippen molar-refractivity contribution in [2.45, 2.75) is 18.9 Å². The Kier molecular flexibility index (Phi) is 4.72. The molecule has 3 rings (SSSR count). The van der Waals surface area contributed by atoms with E-state index in [0.29, 0.717) is 6.04 Å². The Hall–Kier alpha value is -2.20. The van der Waals surface area contributed by atoms with Crippen LogP contribution < -0.4 is 19.5 Å². The maximum atomic E-state index is 5.40. The van der Waals surface area contributed by atoms with Gasteiger partial charge in [0, 0.05) is 6.04 Å². The van der Waals surface area contributed by atoms with Crippen molar-refractivity contribution in [2.75, 3.05) is 27.9 Å². The summed E-state index contributed by atoms with van der Waals surface area (Å²) in [6, 6.07) is 12.8. The molecule has 2 aromatic rings. The van der Waals surface area contributed by atoms with Gasteiger partial charge in [-0.2, -0.15) is 0 Å². The van der Waals surface area contributed by atoms with Crippen LogP contribution in [-0.2, 0) is 12.8 Å². The number of fused-ring (bicyclic) bond motifs is 1. The Balaban J connectivity index is 1.84. The summed E-state index contributed by atoms with van der Waals surface area (Å²) in [4.78, 5) is 0. The van der Waals surface area contributed by atoms with Gasteiger partial charge in [-0.15, -0.1) is 0 Å². The molecule has 0 saturated carbocycles. The van der Waals surface area contributed by atoms with Crippen LogP contribution in [0.5, 0.6) is 17.2 Å². The number of ether oxygens (including phenoxy) is 3. The third-order valence-corrected chi connectivity index (χ3v) is 4.40. The van der Waals surface area contributed by atoms with Crippen molar-refractivity contribution in [3.63, 3.8) is 0 Å². The molecule has 0 bridgehead atoms. The fourth-order valence-corrected chi connectivity index (χ4v) is 3.18. The smallest absolute Gasteiger partial charge is 0.160 e. The average molecular weight is 313 g/mol. The highest BCUT2D eigenvalue weighted by atomic mass is 16.5. The van der Waals surface area contributed by atoms with E-state index in [1.807, 2.05) is 12.1 Å². The van der Waals surface area contributed by atoms with E-state index in [-0.39, 0.29) is 0 Å². The summed E-state index contributed by atoms with van der Waals surface area (Å²) in [5.41, 5.74) is 3.95. The van der Waals surface area contributed by atoms with Gasteiger partial charge in [-0.1, -0.05) is 12.1 Å². The van der Waals surface area contributed by atoms with E-state index in [0.717, 1.165) is 36.6 Å². The Bertz CT molecular complexity index is 684. The maximum Gasteiger partial charge on any atom is 0.160 e. The fourth-order valence-electron chi connectivity index (χ4n) is 3.18. The molecule has 0 fully saturated rings. The number of benzene rings is 2. The predicted octanol–water partition coefficient (Wildman–Crippen LogP) is 3.14. The normalized spacial score (nSPS) is 16.6. The van der Waals surface area contributed by atoms with Crippen molar-refractivity contribution in [1.29, 1.82) is 0 Å². The molecule has 0 amide bonds. The SMILES string of the molecule is COc1ccc2c(c1)CCNC2Cc1ccc(OC)c(OC)c1. The summed E-state index contributed by atoms with van der Waals surface area (Å²) in [6.45, 7) is 0.984. The lowest BCUT2D eigenvalue weighted by Crippen LogP contribution is -2.31. The lowest BCUT2D eigenvalue weighted by molar-refractivity contribution is 0.354. The first-order chi connectivity index (χ1) is 11.2. The minimum Gasteiger partial charge on any atom is -0.497 e. The lowest BCUT2D eigenvalue weighted by atomic mass is 9.90. The van der Waals surface area contributed by atoms with Crippen molar-refractivity contribution >= 4 is 0 Å². The number of rotatable bonds is 5. The highest BCUT2D eigenvalue weighted by molar-refractivity contribution is 5.44. The van der Waals surface area contributed by atoms with Gasteiger partial charge >= 0.3 is 0 Å². The van der Waals surface area contributed by atoms with E-state index in [1.165, 1.54) is 16.7 Å². The standard InChI is InChI=1S/C19H23NO3/c1-21-15-5-6-16-14(12-15)8-9-20-17(16)10-13-4-7-18(22-2)19(11-13)23-3/h4-7,11-12,17,20H,8-10H2,1-3H3. The molecule has 2 aromatic carbocycles. The molecular weight excluding hydrogens is 290 g/mol. The minimum atomic E-state index is 0.308. The molecule has 1 heterocycles. The van der Waals surface area contributed by atoms with Crippen molar-refractivity contribution in [1.82, 2.24) is 5.32 Å². The number of hydrogen-bond acceptors (Lipinski definition) is 4. The van der Waals surface area contributed by atoms with Gasteiger partial charge in [-0.3, -0.25) is 0 Å². The molecule has 4 nitrogen and oxygen atoms in total. The van der Waals surface area contributed by atoms with Crippen LogP contribution in [0.2, 0.25) is 0 Å². The molecular formula is C19H23NO3. The first-order valence-corrected chi connectivity index (χ1v) is 7.86. The second kappa shape index (κ2) is 6.92. The van der Waals surface area contributed by atoms with Gasteiger partial charge in [0.15, 0.2) is 11.5 Å². The maximum absolute atomic E-state index is 5.40. The zero-order valence-electron chi connectivity index (χ0n) is 13.9. The first-order valence-electron chi connectivity index (χ1n) is 7.86. The summed E-state index contributed by atoms with van der Waals surface area (Å²) in [5.74, 6) is 2.46. The summed E-state index contributed by atoms with van der Waals surface area (Å²) >= 11 is 0. The third kappa shape index (κ3) is 3.27. The zero-order valence-corrected chi connectivity index (χ0v) is 13.9. The van der Waals surface area contributed by atoms with Gasteiger partial charge in [0.05, 0.1) is 21.3 Å². The molecule has 1 unspecified atom stereocenters. The molecule has 0 saturated heterocycles. The summed E-state index contributed by atoms with van der Waals surface area (Å²) in [6.07, 6.45) is 1.95. The average Bonchev–Trinajstić information content (AvgIpc) is 2.61. The van der Waals surface area contributed by atoms with Crippen LogP contribution in [0.1, 0.15) is 22.7 Å². The first kappa shape index (κ1) is 15.7. The van der Waals surface area contributed by atoms with E-state index in [2.05, 4.69) is 29.6 Å². The van der Waals surface area contributed by atoms with Crippen LogP contribution in [0.4, 0.5) is 0 Å². The molecule has 0 spiro atoms. The predicted molar refractivity (Wildman–Crippen MR) is 90.7 cm³/mol. The Morgan fingerprint density at radius 1 is 0.957 bits per heavy atom. The van der Waals surface area contributed by atoms with Gasteiger partial charge in [0.2, 0.25) is 0 Å². The molecule has 1 aliphatic rings. The molecule has 0 radical (unpaired) electrons. The van der Waals surface area contributed by atoms with Gasteiger partial charge in [-0.05, 0) is 60.3 Å². The van der Waals surface area contributed by atoms with Crippen molar-refractivity contribution in [2.24, 2.45) is 0 Å². The number of methoxy groups -OCH3 is 3. The van der Waals surface area contributed by atoms with Crippen molar-refractivity contribution in [3.05, 3.63) is 53.1 Å². The van der Waals surface area contributed by atoms with Crippen LogP contribution in [0, 0.1) is 0 Å². The van der Waals surface area contributed by atoms with Crippen molar-refractivity contribution < 1.29 is 14.2 Å². The molecule has 4 heteroatoms. The zero-order chi connectivity index (χ0) is 16.2. The second-order valence-corrected chi connectivity index (χ2v) is 5.71. The highest BCUT2D eigenvalue weighted by Crippen LogP contribution is 2.32. The molecule has 23 heavy (non-hydrogen) atoms. The topological polar surface area (TPSA) is 39.7 Å².